The van der Waals surface area contributed by atoms with Crippen molar-refractivity contribution in [3.63, 3.8) is 0 Å². The molecule has 0 bridgehead atoms. The standard InChI is InChI=1S/C25H22N2O4/c1-30-17-9-7-8-16(14-17)15-22(25(29)31-2)27-24(28)23-18-10-3-5-12-20(18)26-21-13-6-4-11-19(21)23/h3-14,22H,15H2,1-2H3,(H,27,28)/t22-/m0/s1. The number of fused-ring (bicyclic) bond motifs is 2. The molecule has 0 radical (unpaired) electrons. The summed E-state index contributed by atoms with van der Waals surface area (Å²) in [7, 11) is 2.89. The van der Waals surface area contributed by atoms with E-state index in [-0.39, 0.29) is 12.3 Å². The Morgan fingerprint density at radius 1 is 0.903 bits per heavy atom. The topological polar surface area (TPSA) is 77.5 Å². The molecule has 6 nitrogen and oxygen atoms in total. The molecule has 156 valence electrons. The molecular weight excluding hydrogens is 392 g/mol. The summed E-state index contributed by atoms with van der Waals surface area (Å²) in [4.78, 5) is 30.6. The predicted molar refractivity (Wildman–Crippen MR) is 119 cm³/mol. The van der Waals surface area contributed by atoms with Crippen molar-refractivity contribution in [3.8, 4) is 5.75 Å². The van der Waals surface area contributed by atoms with Crippen molar-refractivity contribution in [2.75, 3.05) is 14.2 Å². The van der Waals surface area contributed by atoms with Crippen LogP contribution in [0.1, 0.15) is 15.9 Å². The number of amides is 1. The highest BCUT2D eigenvalue weighted by Gasteiger charge is 2.25. The average Bonchev–Trinajstić information content (AvgIpc) is 2.81. The number of aromatic nitrogens is 1. The SMILES string of the molecule is COC(=O)[C@H](Cc1cccc(OC)c1)NC(=O)c1c2ccccc2nc2ccccc12. The number of rotatable bonds is 6. The Morgan fingerprint density at radius 2 is 1.55 bits per heavy atom. The van der Waals surface area contributed by atoms with E-state index in [2.05, 4.69) is 10.3 Å². The normalized spacial score (nSPS) is 11.8. The third kappa shape index (κ3) is 4.19. The largest absolute Gasteiger partial charge is 0.497 e. The third-order valence-electron chi connectivity index (χ3n) is 5.18. The quantitative estimate of drug-likeness (QED) is 0.382. The van der Waals surface area contributed by atoms with Gasteiger partial charge in [-0.3, -0.25) is 4.79 Å². The van der Waals surface area contributed by atoms with Crippen molar-refractivity contribution in [2.45, 2.75) is 12.5 Å². The van der Waals surface area contributed by atoms with Crippen LogP contribution in [0, 0.1) is 0 Å². The van der Waals surface area contributed by atoms with Gasteiger partial charge in [-0.1, -0.05) is 48.5 Å². The molecule has 1 N–H and O–H groups in total. The number of pyridine rings is 1. The van der Waals surface area contributed by atoms with E-state index in [0.717, 1.165) is 16.3 Å². The van der Waals surface area contributed by atoms with Gasteiger partial charge in [-0.15, -0.1) is 0 Å². The predicted octanol–water partition coefficient (Wildman–Crippen LogP) is 3.91. The highest BCUT2D eigenvalue weighted by atomic mass is 16.5. The van der Waals surface area contributed by atoms with E-state index in [0.29, 0.717) is 22.3 Å². The number of ether oxygens (including phenoxy) is 2. The van der Waals surface area contributed by atoms with Gasteiger partial charge in [-0.2, -0.15) is 0 Å². The molecular formula is C25H22N2O4. The molecule has 3 aromatic carbocycles. The lowest BCUT2D eigenvalue weighted by atomic mass is 10.0. The first-order chi connectivity index (χ1) is 15.1. The summed E-state index contributed by atoms with van der Waals surface area (Å²) in [5.74, 6) is -0.189. The first-order valence-corrected chi connectivity index (χ1v) is 9.90. The van der Waals surface area contributed by atoms with Crippen LogP contribution in [0.3, 0.4) is 0 Å². The maximum atomic E-state index is 13.4. The number of methoxy groups -OCH3 is 2. The van der Waals surface area contributed by atoms with Gasteiger partial charge in [0, 0.05) is 17.2 Å². The Labute approximate surface area is 179 Å². The second kappa shape index (κ2) is 8.83. The maximum absolute atomic E-state index is 13.4. The summed E-state index contributed by atoms with van der Waals surface area (Å²) in [5, 5.41) is 4.32. The van der Waals surface area contributed by atoms with Crippen LogP contribution in [0.25, 0.3) is 21.8 Å². The zero-order valence-electron chi connectivity index (χ0n) is 17.3. The van der Waals surface area contributed by atoms with Gasteiger partial charge in [-0.25, -0.2) is 9.78 Å². The van der Waals surface area contributed by atoms with E-state index in [4.69, 9.17) is 9.47 Å². The lowest BCUT2D eigenvalue weighted by Gasteiger charge is -2.18. The van der Waals surface area contributed by atoms with Gasteiger partial charge in [0.2, 0.25) is 0 Å². The zero-order valence-corrected chi connectivity index (χ0v) is 17.3. The fourth-order valence-electron chi connectivity index (χ4n) is 3.69. The number of benzene rings is 3. The minimum absolute atomic E-state index is 0.274. The van der Waals surface area contributed by atoms with E-state index >= 15 is 0 Å². The fraction of sp³-hybridized carbons (Fsp3) is 0.160. The second-order valence-corrected chi connectivity index (χ2v) is 7.13. The molecule has 4 rings (SSSR count). The molecule has 0 fully saturated rings. The molecule has 31 heavy (non-hydrogen) atoms. The van der Waals surface area contributed by atoms with Crippen LogP contribution in [-0.4, -0.2) is 37.1 Å². The van der Waals surface area contributed by atoms with Gasteiger partial charge in [-0.05, 0) is 29.8 Å². The monoisotopic (exact) mass is 414 g/mol. The molecule has 4 aromatic rings. The molecule has 0 aliphatic carbocycles. The van der Waals surface area contributed by atoms with Gasteiger partial charge in [0.05, 0.1) is 30.8 Å². The number of hydrogen-bond donors (Lipinski definition) is 1. The van der Waals surface area contributed by atoms with Crippen LogP contribution in [0.15, 0.2) is 72.8 Å². The molecule has 6 heteroatoms. The Hall–Kier alpha value is -3.93. The second-order valence-electron chi connectivity index (χ2n) is 7.13. The zero-order chi connectivity index (χ0) is 21.8. The lowest BCUT2D eigenvalue weighted by Crippen LogP contribution is -2.43. The third-order valence-corrected chi connectivity index (χ3v) is 5.18. The van der Waals surface area contributed by atoms with Gasteiger partial charge in [0.1, 0.15) is 11.8 Å². The highest BCUT2D eigenvalue weighted by Crippen LogP contribution is 2.26. The van der Waals surface area contributed by atoms with Crippen molar-refractivity contribution in [1.29, 1.82) is 0 Å². The summed E-state index contributed by atoms with van der Waals surface area (Å²) in [6.45, 7) is 0. The molecule has 1 atom stereocenters. The molecule has 0 spiro atoms. The van der Waals surface area contributed by atoms with E-state index in [1.54, 1.807) is 7.11 Å². The van der Waals surface area contributed by atoms with Crippen molar-refractivity contribution >= 4 is 33.7 Å². The molecule has 1 amide bonds. The average molecular weight is 414 g/mol. The number of nitrogens with one attached hydrogen (secondary N) is 1. The van der Waals surface area contributed by atoms with Crippen molar-refractivity contribution in [1.82, 2.24) is 10.3 Å². The van der Waals surface area contributed by atoms with Gasteiger partial charge < -0.3 is 14.8 Å². The number of esters is 1. The Balaban J connectivity index is 1.73. The maximum Gasteiger partial charge on any atom is 0.328 e. The number of carbonyl (C=O) groups excluding carboxylic acids is 2. The van der Waals surface area contributed by atoms with Crippen molar-refractivity contribution < 1.29 is 19.1 Å². The smallest absolute Gasteiger partial charge is 0.328 e. The molecule has 0 aliphatic heterocycles. The highest BCUT2D eigenvalue weighted by molar-refractivity contribution is 6.16. The van der Waals surface area contributed by atoms with Crippen LogP contribution in [0.5, 0.6) is 5.75 Å². The van der Waals surface area contributed by atoms with Crippen LogP contribution in [0.2, 0.25) is 0 Å². The summed E-state index contributed by atoms with van der Waals surface area (Å²) in [6.07, 6.45) is 0.274. The van der Waals surface area contributed by atoms with Crippen molar-refractivity contribution in [2.24, 2.45) is 0 Å². The van der Waals surface area contributed by atoms with E-state index in [1.807, 2.05) is 72.8 Å². The van der Waals surface area contributed by atoms with Crippen molar-refractivity contribution in [3.05, 3.63) is 83.9 Å². The van der Waals surface area contributed by atoms with E-state index in [1.165, 1.54) is 7.11 Å². The van der Waals surface area contributed by atoms with Crippen LogP contribution >= 0.6 is 0 Å². The van der Waals surface area contributed by atoms with Gasteiger partial charge >= 0.3 is 5.97 Å². The summed E-state index contributed by atoms with van der Waals surface area (Å²) >= 11 is 0. The van der Waals surface area contributed by atoms with Crippen LogP contribution in [-0.2, 0) is 16.0 Å². The minimum atomic E-state index is -0.852. The number of carbonyl (C=O) groups is 2. The number of para-hydroxylation sites is 2. The minimum Gasteiger partial charge on any atom is -0.497 e. The fourth-order valence-corrected chi connectivity index (χ4v) is 3.69. The van der Waals surface area contributed by atoms with Gasteiger partial charge in [0.25, 0.3) is 5.91 Å². The first-order valence-electron chi connectivity index (χ1n) is 9.90. The number of nitrogens with zero attached hydrogens (tertiary/aromatic N) is 1. The molecule has 0 aliphatic rings. The lowest BCUT2D eigenvalue weighted by molar-refractivity contribution is -0.142. The molecule has 0 unspecified atom stereocenters. The van der Waals surface area contributed by atoms with Gasteiger partial charge in [0.15, 0.2) is 0 Å². The van der Waals surface area contributed by atoms with Crippen LogP contribution < -0.4 is 10.1 Å². The molecule has 0 saturated heterocycles. The Morgan fingerprint density at radius 3 is 2.16 bits per heavy atom. The summed E-state index contributed by atoms with van der Waals surface area (Å²) < 4.78 is 10.2. The summed E-state index contributed by atoms with van der Waals surface area (Å²) in [6, 6.07) is 21.5. The molecule has 1 aromatic heterocycles. The molecule has 1 heterocycles. The van der Waals surface area contributed by atoms with Crippen LogP contribution in [0.4, 0.5) is 0 Å². The van der Waals surface area contributed by atoms with E-state index < -0.39 is 12.0 Å². The first kappa shape index (κ1) is 20.3. The summed E-state index contributed by atoms with van der Waals surface area (Å²) in [5.41, 5.74) is 2.77. The van der Waals surface area contributed by atoms with E-state index in [9.17, 15) is 9.59 Å². The number of hydrogen-bond acceptors (Lipinski definition) is 5. The Kier molecular flexibility index (Phi) is 5.80. The Bertz CT molecular complexity index is 1210. The molecule has 0 saturated carbocycles.